The van der Waals surface area contributed by atoms with Crippen LogP contribution in [0.5, 0.6) is 11.6 Å². The van der Waals surface area contributed by atoms with Crippen LogP contribution in [0.1, 0.15) is 30.1 Å². The zero-order chi connectivity index (χ0) is 14.7. The van der Waals surface area contributed by atoms with Crippen LogP contribution >= 0.6 is 0 Å². The molecule has 1 fully saturated rings. The highest BCUT2D eigenvalue weighted by Gasteiger charge is 2.27. The fourth-order valence-corrected chi connectivity index (χ4v) is 2.03. The fraction of sp³-hybridized carbons (Fsp3) is 0.312. The van der Waals surface area contributed by atoms with Gasteiger partial charge in [-0.15, -0.1) is 0 Å². The average Bonchev–Trinajstić information content (AvgIpc) is 3.34. The van der Waals surface area contributed by atoms with Crippen LogP contribution in [0.3, 0.4) is 0 Å². The first-order valence-corrected chi connectivity index (χ1v) is 6.99. The Kier molecular flexibility index (Phi) is 3.69. The minimum atomic E-state index is 0.406. The van der Waals surface area contributed by atoms with E-state index in [0.717, 1.165) is 30.0 Å². The highest BCUT2D eigenvalue weighted by atomic mass is 16.5. The van der Waals surface area contributed by atoms with Crippen LogP contribution < -0.4 is 10.1 Å². The van der Waals surface area contributed by atoms with Crippen LogP contribution in [-0.4, -0.2) is 17.0 Å². The molecular weight excluding hydrogens is 264 g/mol. The number of anilines is 1. The standard InChI is InChI=1S/C16H16N4O/c1-18-14-10-15(20-16(19-14)12-4-5-12)21-13-6-2-11(3-7-13)8-9-17/h2-3,6-7,10,12H,4-5,8H2,1H3,(H,18,19,20). The number of hydrogen-bond acceptors (Lipinski definition) is 5. The van der Waals surface area contributed by atoms with Gasteiger partial charge in [0.25, 0.3) is 0 Å². The van der Waals surface area contributed by atoms with Crippen molar-refractivity contribution in [2.24, 2.45) is 0 Å². The molecule has 0 bridgehead atoms. The summed E-state index contributed by atoms with van der Waals surface area (Å²) in [5, 5.41) is 11.7. The Balaban J connectivity index is 1.80. The van der Waals surface area contributed by atoms with Gasteiger partial charge in [0.2, 0.25) is 5.88 Å². The minimum absolute atomic E-state index is 0.406. The van der Waals surface area contributed by atoms with Crippen LogP contribution in [-0.2, 0) is 6.42 Å². The Morgan fingerprint density at radius 1 is 1.29 bits per heavy atom. The molecule has 1 aromatic heterocycles. The third kappa shape index (κ3) is 3.29. The number of hydrogen-bond donors (Lipinski definition) is 1. The van der Waals surface area contributed by atoms with Crippen molar-refractivity contribution in [1.82, 2.24) is 9.97 Å². The monoisotopic (exact) mass is 280 g/mol. The van der Waals surface area contributed by atoms with Crippen LogP contribution in [0.15, 0.2) is 30.3 Å². The largest absolute Gasteiger partial charge is 0.439 e. The van der Waals surface area contributed by atoms with Crippen molar-refractivity contribution in [2.45, 2.75) is 25.2 Å². The number of nitriles is 1. The number of rotatable bonds is 5. The van der Waals surface area contributed by atoms with Crippen LogP contribution in [0.2, 0.25) is 0 Å². The van der Waals surface area contributed by atoms with Gasteiger partial charge in [-0.05, 0) is 30.5 Å². The zero-order valence-corrected chi connectivity index (χ0v) is 11.8. The van der Waals surface area contributed by atoms with E-state index in [1.54, 1.807) is 6.07 Å². The summed E-state index contributed by atoms with van der Waals surface area (Å²) in [4.78, 5) is 8.93. The van der Waals surface area contributed by atoms with E-state index in [1.807, 2.05) is 31.3 Å². The number of nitrogens with zero attached hydrogens (tertiary/aromatic N) is 3. The van der Waals surface area contributed by atoms with Gasteiger partial charge in [-0.2, -0.15) is 10.2 Å². The van der Waals surface area contributed by atoms with E-state index in [9.17, 15) is 0 Å². The summed E-state index contributed by atoms with van der Waals surface area (Å²) < 4.78 is 5.80. The summed E-state index contributed by atoms with van der Waals surface area (Å²) in [6.07, 6.45) is 2.70. The molecule has 1 N–H and O–H groups in total. The molecule has 2 aromatic rings. The van der Waals surface area contributed by atoms with E-state index >= 15 is 0 Å². The zero-order valence-electron chi connectivity index (χ0n) is 11.8. The first kappa shape index (κ1) is 13.4. The maximum absolute atomic E-state index is 8.67. The van der Waals surface area contributed by atoms with Crippen molar-refractivity contribution in [3.05, 3.63) is 41.7 Å². The average molecular weight is 280 g/mol. The number of nitrogens with one attached hydrogen (secondary N) is 1. The van der Waals surface area contributed by atoms with E-state index in [4.69, 9.17) is 10.00 Å². The molecule has 1 saturated carbocycles. The van der Waals surface area contributed by atoms with Gasteiger partial charge >= 0.3 is 0 Å². The van der Waals surface area contributed by atoms with Gasteiger partial charge in [0.1, 0.15) is 17.4 Å². The maximum Gasteiger partial charge on any atom is 0.224 e. The SMILES string of the molecule is CNc1cc(Oc2ccc(CC#N)cc2)nc(C2CC2)n1. The molecule has 3 rings (SSSR count). The molecule has 0 radical (unpaired) electrons. The van der Waals surface area contributed by atoms with Crippen molar-refractivity contribution in [3.8, 4) is 17.7 Å². The molecule has 1 aliphatic carbocycles. The van der Waals surface area contributed by atoms with E-state index in [2.05, 4.69) is 21.4 Å². The predicted molar refractivity (Wildman–Crippen MR) is 79.4 cm³/mol. The molecule has 0 saturated heterocycles. The Bertz CT molecular complexity index is 672. The van der Waals surface area contributed by atoms with E-state index in [0.29, 0.717) is 24.0 Å². The second-order valence-corrected chi connectivity index (χ2v) is 5.05. The summed E-state index contributed by atoms with van der Waals surface area (Å²) in [6.45, 7) is 0. The summed E-state index contributed by atoms with van der Waals surface area (Å²) >= 11 is 0. The second kappa shape index (κ2) is 5.80. The summed E-state index contributed by atoms with van der Waals surface area (Å²) in [7, 11) is 1.83. The fourth-order valence-electron chi connectivity index (χ4n) is 2.03. The lowest BCUT2D eigenvalue weighted by molar-refractivity contribution is 0.459. The van der Waals surface area contributed by atoms with Crippen molar-refractivity contribution in [1.29, 1.82) is 5.26 Å². The van der Waals surface area contributed by atoms with E-state index in [-0.39, 0.29) is 0 Å². The Morgan fingerprint density at radius 2 is 2.05 bits per heavy atom. The first-order chi connectivity index (χ1) is 10.3. The molecule has 5 nitrogen and oxygen atoms in total. The van der Waals surface area contributed by atoms with Gasteiger partial charge in [-0.3, -0.25) is 0 Å². The highest BCUT2D eigenvalue weighted by molar-refractivity contribution is 5.40. The number of ether oxygens (including phenoxy) is 1. The summed E-state index contributed by atoms with van der Waals surface area (Å²) in [5.74, 6) is 3.34. The number of benzene rings is 1. The lowest BCUT2D eigenvalue weighted by Crippen LogP contribution is -2.01. The smallest absolute Gasteiger partial charge is 0.224 e. The third-order valence-electron chi connectivity index (χ3n) is 3.35. The normalized spacial score (nSPS) is 13.5. The van der Waals surface area contributed by atoms with Gasteiger partial charge in [-0.25, -0.2) is 4.98 Å². The Hall–Kier alpha value is -2.61. The quantitative estimate of drug-likeness (QED) is 0.910. The highest BCUT2D eigenvalue weighted by Crippen LogP contribution is 2.39. The van der Waals surface area contributed by atoms with Gasteiger partial charge in [0, 0.05) is 19.0 Å². The molecule has 1 aromatic carbocycles. The van der Waals surface area contributed by atoms with Crippen LogP contribution in [0.4, 0.5) is 5.82 Å². The lowest BCUT2D eigenvalue weighted by Gasteiger charge is -2.09. The first-order valence-electron chi connectivity index (χ1n) is 6.99. The van der Waals surface area contributed by atoms with E-state index < -0.39 is 0 Å². The van der Waals surface area contributed by atoms with Gasteiger partial charge in [-0.1, -0.05) is 12.1 Å². The molecular formula is C16H16N4O. The maximum atomic E-state index is 8.67. The molecule has 1 aliphatic rings. The summed E-state index contributed by atoms with van der Waals surface area (Å²) in [5.41, 5.74) is 0.974. The van der Waals surface area contributed by atoms with Crippen LogP contribution in [0.25, 0.3) is 0 Å². The molecule has 5 heteroatoms. The Morgan fingerprint density at radius 3 is 2.67 bits per heavy atom. The molecule has 106 valence electrons. The molecule has 0 atom stereocenters. The second-order valence-electron chi connectivity index (χ2n) is 5.05. The minimum Gasteiger partial charge on any atom is -0.439 e. The van der Waals surface area contributed by atoms with Gasteiger partial charge in [0.15, 0.2) is 0 Å². The molecule has 0 unspecified atom stereocenters. The van der Waals surface area contributed by atoms with Crippen molar-refractivity contribution >= 4 is 5.82 Å². The van der Waals surface area contributed by atoms with E-state index in [1.165, 1.54) is 0 Å². The lowest BCUT2D eigenvalue weighted by atomic mass is 10.2. The van der Waals surface area contributed by atoms with Crippen molar-refractivity contribution < 1.29 is 4.74 Å². The molecule has 0 aliphatic heterocycles. The van der Waals surface area contributed by atoms with Crippen molar-refractivity contribution in [2.75, 3.05) is 12.4 Å². The number of aromatic nitrogens is 2. The Labute approximate surface area is 123 Å². The molecule has 1 heterocycles. The van der Waals surface area contributed by atoms with Gasteiger partial charge in [0.05, 0.1) is 12.5 Å². The van der Waals surface area contributed by atoms with Crippen molar-refractivity contribution in [3.63, 3.8) is 0 Å². The topological polar surface area (TPSA) is 70.8 Å². The van der Waals surface area contributed by atoms with Crippen LogP contribution in [0, 0.1) is 11.3 Å². The summed E-state index contributed by atoms with van der Waals surface area (Å²) in [6, 6.07) is 11.4. The molecule has 21 heavy (non-hydrogen) atoms. The third-order valence-corrected chi connectivity index (χ3v) is 3.35. The van der Waals surface area contributed by atoms with Gasteiger partial charge < -0.3 is 10.1 Å². The predicted octanol–water partition coefficient (Wildman–Crippen LogP) is 3.25. The molecule has 0 amide bonds. The molecule has 0 spiro atoms.